The van der Waals surface area contributed by atoms with Crippen molar-refractivity contribution in [2.75, 3.05) is 0 Å². The summed E-state index contributed by atoms with van der Waals surface area (Å²) in [4.78, 5) is 11.1. The summed E-state index contributed by atoms with van der Waals surface area (Å²) >= 11 is 0. The van der Waals surface area contributed by atoms with Crippen LogP contribution < -0.4 is 4.74 Å². The lowest BCUT2D eigenvalue weighted by atomic mass is 10.0. The van der Waals surface area contributed by atoms with E-state index in [1.165, 1.54) is 0 Å². The van der Waals surface area contributed by atoms with Crippen LogP contribution in [0.3, 0.4) is 0 Å². The second kappa shape index (κ2) is 7.47. The highest BCUT2D eigenvalue weighted by Gasteiger charge is 2.08. The van der Waals surface area contributed by atoms with E-state index in [-0.39, 0.29) is 6.42 Å². The lowest BCUT2D eigenvalue weighted by molar-refractivity contribution is -0.136. The van der Waals surface area contributed by atoms with Crippen LogP contribution in [0, 0.1) is 0 Å². The van der Waals surface area contributed by atoms with Crippen LogP contribution in [0.4, 0.5) is 0 Å². The molecule has 3 rings (SSSR count). The molecule has 3 nitrogen and oxygen atoms in total. The van der Waals surface area contributed by atoms with E-state index >= 15 is 0 Å². The summed E-state index contributed by atoms with van der Waals surface area (Å²) < 4.78 is 5.88. The average Bonchev–Trinajstić information content (AvgIpc) is 2.61. The number of ether oxygens (including phenoxy) is 1. The average molecular weight is 318 g/mol. The molecule has 0 aliphatic heterocycles. The second-order valence-electron chi connectivity index (χ2n) is 5.58. The Morgan fingerprint density at radius 2 is 1.46 bits per heavy atom. The van der Waals surface area contributed by atoms with Crippen molar-refractivity contribution in [3.63, 3.8) is 0 Å². The molecule has 0 aliphatic rings. The fourth-order valence-electron chi connectivity index (χ4n) is 2.56. The summed E-state index contributed by atoms with van der Waals surface area (Å²) in [7, 11) is 0. The first-order valence-electron chi connectivity index (χ1n) is 7.78. The van der Waals surface area contributed by atoms with Crippen molar-refractivity contribution < 1.29 is 14.6 Å². The lowest BCUT2D eigenvalue weighted by Crippen LogP contribution is -2.02. The highest BCUT2D eigenvalue weighted by Crippen LogP contribution is 2.27. The molecule has 3 aromatic rings. The lowest BCUT2D eigenvalue weighted by Gasteiger charge is -2.11. The van der Waals surface area contributed by atoms with E-state index in [1.807, 2.05) is 72.8 Å². The largest absolute Gasteiger partial charge is 0.489 e. The molecular weight excluding hydrogens is 300 g/mol. The highest BCUT2D eigenvalue weighted by molar-refractivity contribution is 5.73. The zero-order chi connectivity index (χ0) is 16.8. The van der Waals surface area contributed by atoms with Crippen LogP contribution in [0.2, 0.25) is 0 Å². The van der Waals surface area contributed by atoms with Gasteiger partial charge in [0.05, 0.1) is 6.42 Å². The Balaban J connectivity index is 1.88. The van der Waals surface area contributed by atoms with E-state index in [2.05, 4.69) is 0 Å². The first kappa shape index (κ1) is 15.8. The third kappa shape index (κ3) is 4.23. The first-order valence-corrected chi connectivity index (χ1v) is 7.78. The first-order chi connectivity index (χ1) is 11.7. The number of aliphatic carboxylic acids is 1. The molecule has 0 amide bonds. The van der Waals surface area contributed by atoms with Crippen molar-refractivity contribution in [3.8, 4) is 16.9 Å². The van der Waals surface area contributed by atoms with Gasteiger partial charge in [-0.25, -0.2) is 0 Å². The molecule has 0 unspecified atom stereocenters. The fraction of sp³-hybridized carbons (Fsp3) is 0.0952. The predicted molar refractivity (Wildman–Crippen MR) is 94.0 cm³/mol. The Kier molecular flexibility index (Phi) is 4.92. The molecule has 0 radical (unpaired) electrons. The molecule has 120 valence electrons. The highest BCUT2D eigenvalue weighted by atomic mass is 16.5. The maximum Gasteiger partial charge on any atom is 0.307 e. The van der Waals surface area contributed by atoms with Crippen LogP contribution >= 0.6 is 0 Å². The monoisotopic (exact) mass is 318 g/mol. The minimum Gasteiger partial charge on any atom is -0.489 e. The Morgan fingerprint density at radius 3 is 2.12 bits per heavy atom. The molecule has 0 saturated carbocycles. The van der Waals surface area contributed by atoms with E-state index < -0.39 is 5.97 Å². The van der Waals surface area contributed by atoms with Gasteiger partial charge < -0.3 is 9.84 Å². The molecule has 0 aromatic heterocycles. The fourth-order valence-corrected chi connectivity index (χ4v) is 2.56. The Bertz CT molecular complexity index is 811. The van der Waals surface area contributed by atoms with Gasteiger partial charge in [-0.1, -0.05) is 66.7 Å². The summed E-state index contributed by atoms with van der Waals surface area (Å²) in [5, 5.41) is 9.09. The number of benzene rings is 3. The molecule has 3 aromatic carbocycles. The summed E-state index contributed by atoms with van der Waals surface area (Å²) in [6, 6.07) is 25.4. The predicted octanol–water partition coefficient (Wildman–Crippen LogP) is 4.56. The number of rotatable bonds is 6. The molecule has 0 atom stereocenters. The SMILES string of the molecule is O=C(O)Cc1cc(OCc2ccccc2)cc(-c2ccccc2)c1. The molecule has 0 fully saturated rings. The summed E-state index contributed by atoms with van der Waals surface area (Å²) in [6.45, 7) is 0.450. The van der Waals surface area contributed by atoms with E-state index in [4.69, 9.17) is 9.84 Å². The Labute approximate surface area is 141 Å². The van der Waals surface area contributed by atoms with Crippen molar-refractivity contribution in [1.29, 1.82) is 0 Å². The van der Waals surface area contributed by atoms with E-state index in [0.717, 1.165) is 22.3 Å². The molecule has 24 heavy (non-hydrogen) atoms. The minimum atomic E-state index is -0.853. The van der Waals surface area contributed by atoms with Gasteiger partial charge in [-0.3, -0.25) is 4.79 Å². The van der Waals surface area contributed by atoms with Crippen LogP contribution in [0.1, 0.15) is 11.1 Å². The van der Waals surface area contributed by atoms with Crippen molar-refractivity contribution >= 4 is 5.97 Å². The van der Waals surface area contributed by atoms with Gasteiger partial charge in [0.25, 0.3) is 0 Å². The minimum absolute atomic E-state index is 0.0254. The van der Waals surface area contributed by atoms with Gasteiger partial charge in [0.1, 0.15) is 12.4 Å². The van der Waals surface area contributed by atoms with E-state index in [1.54, 1.807) is 6.07 Å². The van der Waals surface area contributed by atoms with E-state index in [0.29, 0.717) is 12.4 Å². The number of hydrogen-bond acceptors (Lipinski definition) is 2. The van der Waals surface area contributed by atoms with Gasteiger partial charge in [-0.15, -0.1) is 0 Å². The number of carbonyl (C=O) groups is 1. The molecule has 0 heterocycles. The summed E-state index contributed by atoms with van der Waals surface area (Å²) in [6.07, 6.45) is -0.0254. The summed E-state index contributed by atoms with van der Waals surface area (Å²) in [5.74, 6) is -0.175. The third-order valence-electron chi connectivity index (χ3n) is 3.68. The molecule has 0 spiro atoms. The van der Waals surface area contributed by atoms with Gasteiger partial charge in [0, 0.05) is 0 Å². The molecule has 0 aliphatic carbocycles. The summed E-state index contributed by atoms with van der Waals surface area (Å²) in [5.41, 5.74) is 3.79. The number of carboxylic acids is 1. The zero-order valence-electron chi connectivity index (χ0n) is 13.2. The molecular formula is C21H18O3. The van der Waals surface area contributed by atoms with Crippen LogP contribution in [-0.2, 0) is 17.8 Å². The van der Waals surface area contributed by atoms with Gasteiger partial charge in [0.2, 0.25) is 0 Å². The molecule has 3 heteroatoms. The Morgan fingerprint density at radius 1 is 0.792 bits per heavy atom. The zero-order valence-corrected chi connectivity index (χ0v) is 13.2. The van der Waals surface area contributed by atoms with Crippen molar-refractivity contribution in [2.24, 2.45) is 0 Å². The van der Waals surface area contributed by atoms with Gasteiger partial charge in [-0.05, 0) is 34.4 Å². The standard InChI is InChI=1S/C21H18O3/c22-21(23)13-17-11-19(18-9-5-2-6-10-18)14-20(12-17)24-15-16-7-3-1-4-8-16/h1-12,14H,13,15H2,(H,22,23). The van der Waals surface area contributed by atoms with Crippen LogP contribution in [0.15, 0.2) is 78.9 Å². The van der Waals surface area contributed by atoms with E-state index in [9.17, 15) is 4.79 Å². The maximum atomic E-state index is 11.1. The van der Waals surface area contributed by atoms with Crippen molar-refractivity contribution in [3.05, 3.63) is 90.0 Å². The normalized spacial score (nSPS) is 10.3. The Hall–Kier alpha value is -3.07. The van der Waals surface area contributed by atoms with Gasteiger partial charge >= 0.3 is 5.97 Å². The van der Waals surface area contributed by atoms with Crippen molar-refractivity contribution in [1.82, 2.24) is 0 Å². The van der Waals surface area contributed by atoms with Gasteiger partial charge in [-0.2, -0.15) is 0 Å². The smallest absolute Gasteiger partial charge is 0.307 e. The van der Waals surface area contributed by atoms with Crippen molar-refractivity contribution in [2.45, 2.75) is 13.0 Å². The second-order valence-corrected chi connectivity index (χ2v) is 5.58. The van der Waals surface area contributed by atoms with Gasteiger partial charge in [0.15, 0.2) is 0 Å². The number of hydrogen-bond donors (Lipinski definition) is 1. The molecule has 0 bridgehead atoms. The number of carboxylic acid groups (broad SMARTS) is 1. The molecule has 0 saturated heterocycles. The van der Waals surface area contributed by atoms with Crippen LogP contribution in [0.5, 0.6) is 5.75 Å². The maximum absolute atomic E-state index is 11.1. The molecule has 1 N–H and O–H groups in total. The van der Waals surface area contributed by atoms with Crippen LogP contribution in [0.25, 0.3) is 11.1 Å². The quantitative estimate of drug-likeness (QED) is 0.725. The topological polar surface area (TPSA) is 46.5 Å². The van der Waals surface area contributed by atoms with Crippen LogP contribution in [-0.4, -0.2) is 11.1 Å². The third-order valence-corrected chi connectivity index (χ3v) is 3.68.